The molecule has 1 unspecified atom stereocenters. The summed E-state index contributed by atoms with van der Waals surface area (Å²) in [5.41, 5.74) is -1.33. The number of fused-ring (bicyclic) bond motifs is 1. The number of halogens is 6. The van der Waals surface area contributed by atoms with Gasteiger partial charge in [-0.25, -0.2) is 0 Å². The topological polar surface area (TPSA) is 53.9 Å². The number of aromatic nitrogens is 3. The predicted octanol–water partition coefficient (Wildman–Crippen LogP) is 5.55. The van der Waals surface area contributed by atoms with E-state index in [0.29, 0.717) is 0 Å². The standard InChI is InChI=1S/C21H16F6N4OS/c1-30-17(28-29-19(30)33)9-16(21(25,26)27)11-4-2-5-12(8-11)31-10-14-13(18(31)32)6-3-7-15(14)20(22,23)24/h2-8,16H,9-10H2,1H3,(H,29,33). The monoisotopic (exact) mass is 486 g/mol. The molecule has 0 saturated heterocycles. The van der Waals surface area contributed by atoms with E-state index in [0.717, 1.165) is 17.0 Å². The van der Waals surface area contributed by atoms with Gasteiger partial charge in [-0.2, -0.15) is 31.4 Å². The minimum atomic E-state index is -4.66. The first-order valence-corrected chi connectivity index (χ1v) is 10.1. The van der Waals surface area contributed by atoms with E-state index in [2.05, 4.69) is 10.2 Å². The number of nitrogens with one attached hydrogen (secondary N) is 1. The van der Waals surface area contributed by atoms with Crippen LogP contribution in [0.5, 0.6) is 0 Å². The number of amides is 1. The van der Waals surface area contributed by atoms with E-state index >= 15 is 0 Å². The molecule has 12 heteroatoms. The smallest absolute Gasteiger partial charge is 0.307 e. The highest BCUT2D eigenvalue weighted by atomic mass is 32.1. The van der Waals surface area contributed by atoms with Gasteiger partial charge in [0.15, 0.2) is 4.77 Å². The molecule has 3 aromatic rings. The zero-order valence-corrected chi connectivity index (χ0v) is 17.8. The second-order valence-electron chi connectivity index (χ2n) is 7.62. The summed E-state index contributed by atoms with van der Waals surface area (Å²) < 4.78 is 83.4. The minimum Gasteiger partial charge on any atom is -0.307 e. The van der Waals surface area contributed by atoms with Crippen molar-refractivity contribution in [2.24, 2.45) is 7.05 Å². The highest BCUT2D eigenvalue weighted by Crippen LogP contribution is 2.41. The Kier molecular flexibility index (Phi) is 5.59. The lowest BCUT2D eigenvalue weighted by Gasteiger charge is -2.23. The third-order valence-electron chi connectivity index (χ3n) is 5.61. The second-order valence-corrected chi connectivity index (χ2v) is 8.00. The zero-order chi connectivity index (χ0) is 24.1. The zero-order valence-electron chi connectivity index (χ0n) is 17.0. The molecule has 0 bridgehead atoms. The number of hydrogen-bond acceptors (Lipinski definition) is 3. The molecule has 1 aliphatic heterocycles. The van der Waals surface area contributed by atoms with Crippen LogP contribution in [0.25, 0.3) is 0 Å². The summed E-state index contributed by atoms with van der Waals surface area (Å²) in [6.45, 7) is -0.391. The summed E-state index contributed by atoms with van der Waals surface area (Å²) in [6, 6.07) is 8.46. The van der Waals surface area contributed by atoms with Gasteiger partial charge in [-0.1, -0.05) is 18.2 Å². The maximum atomic E-state index is 13.9. The molecule has 2 aromatic carbocycles. The number of anilines is 1. The Balaban J connectivity index is 1.70. The van der Waals surface area contributed by atoms with Crippen molar-refractivity contribution in [2.75, 3.05) is 4.90 Å². The molecular formula is C21H16F6N4OS. The molecule has 5 nitrogen and oxygen atoms in total. The number of benzene rings is 2. The van der Waals surface area contributed by atoms with Crippen LogP contribution in [0.1, 0.15) is 38.8 Å². The maximum Gasteiger partial charge on any atom is 0.416 e. The number of alkyl halides is 6. The van der Waals surface area contributed by atoms with Crippen molar-refractivity contribution in [3.05, 3.63) is 75.3 Å². The first kappa shape index (κ1) is 23.0. The van der Waals surface area contributed by atoms with Crippen LogP contribution in [-0.2, 0) is 26.2 Å². The van der Waals surface area contributed by atoms with E-state index in [1.807, 2.05) is 0 Å². The van der Waals surface area contributed by atoms with E-state index in [1.54, 1.807) is 0 Å². The third kappa shape index (κ3) is 4.26. The van der Waals surface area contributed by atoms with Gasteiger partial charge in [0.1, 0.15) is 5.82 Å². The van der Waals surface area contributed by atoms with Gasteiger partial charge in [0.2, 0.25) is 0 Å². The number of carbonyl (C=O) groups is 1. The van der Waals surface area contributed by atoms with Crippen LogP contribution < -0.4 is 4.90 Å². The van der Waals surface area contributed by atoms with Crippen LogP contribution in [0.4, 0.5) is 32.0 Å². The van der Waals surface area contributed by atoms with E-state index in [-0.39, 0.29) is 33.0 Å². The Bertz CT molecular complexity index is 1280. The van der Waals surface area contributed by atoms with Crippen molar-refractivity contribution >= 4 is 23.8 Å². The number of hydrogen-bond donors (Lipinski definition) is 1. The van der Waals surface area contributed by atoms with Crippen LogP contribution in [0.15, 0.2) is 42.5 Å². The van der Waals surface area contributed by atoms with Crippen molar-refractivity contribution < 1.29 is 31.1 Å². The minimum absolute atomic E-state index is 0.0754. The van der Waals surface area contributed by atoms with Gasteiger partial charge in [-0.3, -0.25) is 9.89 Å². The summed E-state index contributed by atoms with van der Waals surface area (Å²) in [6.07, 6.45) is -9.82. The van der Waals surface area contributed by atoms with Crippen molar-refractivity contribution in [3.63, 3.8) is 0 Å². The first-order valence-electron chi connectivity index (χ1n) is 9.66. The maximum absolute atomic E-state index is 13.9. The summed E-state index contributed by atoms with van der Waals surface area (Å²) in [5, 5.41) is 6.28. The van der Waals surface area contributed by atoms with Crippen molar-refractivity contribution in [1.82, 2.24) is 14.8 Å². The second kappa shape index (κ2) is 8.01. The average molecular weight is 486 g/mol. The van der Waals surface area contributed by atoms with Gasteiger partial charge in [-0.05, 0) is 47.6 Å². The summed E-state index contributed by atoms with van der Waals surface area (Å²) >= 11 is 4.95. The number of nitrogens with zero attached hydrogens (tertiary/aromatic N) is 3. The molecule has 0 radical (unpaired) electrons. The Morgan fingerprint density at radius 2 is 1.82 bits per heavy atom. The van der Waals surface area contributed by atoms with Crippen LogP contribution in [0.2, 0.25) is 0 Å². The van der Waals surface area contributed by atoms with Crippen LogP contribution in [0, 0.1) is 4.77 Å². The number of carbonyl (C=O) groups excluding carboxylic acids is 1. The predicted molar refractivity (Wildman–Crippen MR) is 109 cm³/mol. The fraction of sp³-hybridized carbons (Fsp3) is 0.286. The van der Waals surface area contributed by atoms with Gasteiger partial charge in [0.25, 0.3) is 5.91 Å². The first-order chi connectivity index (χ1) is 15.4. The highest BCUT2D eigenvalue weighted by Gasteiger charge is 2.43. The van der Waals surface area contributed by atoms with E-state index in [1.165, 1.54) is 41.9 Å². The molecule has 0 spiro atoms. The fourth-order valence-corrected chi connectivity index (χ4v) is 4.03. The number of rotatable bonds is 4. The van der Waals surface area contributed by atoms with E-state index in [4.69, 9.17) is 12.2 Å². The highest BCUT2D eigenvalue weighted by molar-refractivity contribution is 7.71. The van der Waals surface area contributed by atoms with E-state index < -0.39 is 42.7 Å². The van der Waals surface area contributed by atoms with Crippen molar-refractivity contribution in [3.8, 4) is 0 Å². The molecule has 1 aliphatic rings. The van der Waals surface area contributed by atoms with Gasteiger partial charge in [-0.15, -0.1) is 0 Å². The van der Waals surface area contributed by atoms with Gasteiger partial charge >= 0.3 is 12.4 Å². The lowest BCUT2D eigenvalue weighted by molar-refractivity contribution is -0.150. The Hall–Kier alpha value is -3.15. The molecule has 1 atom stereocenters. The summed E-state index contributed by atoms with van der Waals surface area (Å²) in [4.78, 5) is 13.8. The van der Waals surface area contributed by atoms with Crippen LogP contribution in [0.3, 0.4) is 0 Å². The SMILES string of the molecule is Cn1c(CC(c2cccc(N3Cc4c(cccc4C(F)(F)F)C3=O)c2)C(F)(F)F)n[nH]c1=S. The molecule has 0 aliphatic carbocycles. The lowest BCUT2D eigenvalue weighted by Crippen LogP contribution is -2.26. The largest absolute Gasteiger partial charge is 0.416 e. The lowest BCUT2D eigenvalue weighted by atomic mass is 9.94. The Morgan fingerprint density at radius 1 is 1.12 bits per heavy atom. The quantitative estimate of drug-likeness (QED) is 0.389. The molecule has 1 N–H and O–H groups in total. The molecule has 2 heterocycles. The van der Waals surface area contributed by atoms with E-state index in [9.17, 15) is 31.1 Å². The summed E-state index contributed by atoms with van der Waals surface area (Å²) in [7, 11) is 1.49. The van der Waals surface area contributed by atoms with Crippen molar-refractivity contribution in [2.45, 2.75) is 31.2 Å². The molecule has 1 amide bonds. The number of H-pyrrole nitrogens is 1. The van der Waals surface area contributed by atoms with Crippen LogP contribution >= 0.6 is 12.2 Å². The molecule has 4 rings (SSSR count). The van der Waals surface area contributed by atoms with Gasteiger partial charge < -0.3 is 9.47 Å². The number of aromatic amines is 1. The molecule has 0 fully saturated rings. The molecule has 33 heavy (non-hydrogen) atoms. The molecular weight excluding hydrogens is 470 g/mol. The molecule has 1 aromatic heterocycles. The molecule has 0 saturated carbocycles. The Labute approximate surface area is 188 Å². The third-order valence-corrected chi connectivity index (χ3v) is 5.98. The Morgan fingerprint density at radius 3 is 2.42 bits per heavy atom. The summed E-state index contributed by atoms with van der Waals surface area (Å²) in [5.74, 6) is -2.58. The van der Waals surface area contributed by atoms with Crippen molar-refractivity contribution in [1.29, 1.82) is 0 Å². The van der Waals surface area contributed by atoms with Gasteiger partial charge in [0, 0.05) is 24.7 Å². The fourth-order valence-electron chi connectivity index (χ4n) is 3.88. The van der Waals surface area contributed by atoms with Crippen LogP contribution in [-0.4, -0.2) is 26.8 Å². The average Bonchev–Trinajstić information content (AvgIpc) is 3.24. The van der Waals surface area contributed by atoms with Gasteiger partial charge in [0.05, 0.1) is 18.0 Å². The normalized spacial score (nSPS) is 15.1. The molecule has 174 valence electrons.